The van der Waals surface area contributed by atoms with Gasteiger partial charge in [-0.05, 0) is 38.7 Å². The summed E-state index contributed by atoms with van der Waals surface area (Å²) < 4.78 is 54.6. The van der Waals surface area contributed by atoms with Gasteiger partial charge in [0, 0.05) is 55.7 Å². The maximum absolute atomic E-state index is 15.5. The average molecular weight is 676 g/mol. The van der Waals surface area contributed by atoms with Crippen molar-refractivity contribution in [3.8, 4) is 0 Å². The van der Waals surface area contributed by atoms with Crippen LogP contribution in [0.3, 0.4) is 0 Å². The second-order valence-corrected chi connectivity index (χ2v) is 10.9. The van der Waals surface area contributed by atoms with Gasteiger partial charge in [0.15, 0.2) is 5.03 Å². The molecule has 2 aliphatic rings. The van der Waals surface area contributed by atoms with E-state index >= 15 is 4.39 Å². The number of carboxylic acids is 2. The van der Waals surface area contributed by atoms with Gasteiger partial charge >= 0.3 is 24.1 Å². The Morgan fingerprint density at radius 2 is 1.85 bits per heavy atom. The van der Waals surface area contributed by atoms with Crippen LogP contribution in [0.1, 0.15) is 61.0 Å². The molecule has 0 amide bonds. The van der Waals surface area contributed by atoms with Crippen molar-refractivity contribution in [3.63, 3.8) is 0 Å². The number of carboxylic acid groups (broad SMARTS) is 2. The highest BCUT2D eigenvalue weighted by atomic mass is 19.4. The van der Waals surface area contributed by atoms with Gasteiger partial charge in [-0.15, -0.1) is 0 Å². The molecule has 258 valence electrons. The molecule has 0 radical (unpaired) electrons. The van der Waals surface area contributed by atoms with E-state index in [2.05, 4.69) is 4.99 Å². The van der Waals surface area contributed by atoms with Crippen LogP contribution in [0.25, 0.3) is 10.9 Å². The van der Waals surface area contributed by atoms with Crippen LogP contribution >= 0.6 is 0 Å². The zero-order chi connectivity index (χ0) is 35.2. The summed E-state index contributed by atoms with van der Waals surface area (Å²) >= 11 is 0. The molecular formula is C27H33F4N7O9. The molecule has 47 heavy (non-hydrogen) atoms. The topological polar surface area (TPSA) is 246 Å². The monoisotopic (exact) mass is 675 g/mol. The maximum atomic E-state index is 15.5. The Morgan fingerprint density at radius 3 is 2.40 bits per heavy atom. The number of hydrogen-bond donors (Lipinski definition) is 5. The number of alkyl halides is 3. The first-order valence-electron chi connectivity index (χ1n) is 14.3. The van der Waals surface area contributed by atoms with Crippen molar-refractivity contribution < 1.29 is 51.9 Å². The number of anilines is 1. The van der Waals surface area contributed by atoms with E-state index in [1.807, 2.05) is 11.8 Å². The summed E-state index contributed by atoms with van der Waals surface area (Å²) in [5, 5.41) is 26.1. The number of nitrogens with zero attached hydrogens (tertiary/aromatic N) is 4. The highest BCUT2D eigenvalue weighted by Crippen LogP contribution is 2.39. The van der Waals surface area contributed by atoms with E-state index in [1.165, 1.54) is 6.20 Å². The Balaban J connectivity index is 0.000000771. The van der Waals surface area contributed by atoms with E-state index in [4.69, 9.17) is 26.1 Å². The van der Waals surface area contributed by atoms with Gasteiger partial charge in [0.2, 0.25) is 5.43 Å². The Hall–Kier alpha value is -5.01. The van der Waals surface area contributed by atoms with Crippen molar-refractivity contribution in [1.82, 2.24) is 9.99 Å². The predicted molar refractivity (Wildman–Crippen MR) is 157 cm³/mol. The Kier molecular flexibility index (Phi) is 11.7. The number of aryl methyl sites for hydroxylation is 1. The number of aliphatic imine (C=N–C) groups is 1. The van der Waals surface area contributed by atoms with Crippen LogP contribution in [-0.4, -0.2) is 81.6 Å². The van der Waals surface area contributed by atoms with Gasteiger partial charge in [-0.2, -0.15) is 13.2 Å². The van der Waals surface area contributed by atoms with E-state index in [9.17, 15) is 42.8 Å². The van der Waals surface area contributed by atoms with Crippen LogP contribution in [0.5, 0.6) is 0 Å². The zero-order valence-electron chi connectivity index (χ0n) is 25.0. The number of aliphatic carboxylic acids is 1. The summed E-state index contributed by atoms with van der Waals surface area (Å²) in [6.45, 7) is 2.90. The molecule has 2 aliphatic heterocycles. The van der Waals surface area contributed by atoms with Gasteiger partial charge in [0.1, 0.15) is 23.5 Å². The maximum Gasteiger partial charge on any atom is 0.490 e. The molecule has 16 nitrogen and oxygen atoms in total. The molecule has 0 saturated carbocycles. The number of carbonyl (C=O) groups is 3. The lowest BCUT2D eigenvalue weighted by molar-refractivity contribution is -0.525. The van der Waals surface area contributed by atoms with Gasteiger partial charge in [-0.1, -0.05) is 5.43 Å². The number of rotatable bonds is 9. The van der Waals surface area contributed by atoms with Crippen molar-refractivity contribution in [1.29, 1.82) is 0 Å². The van der Waals surface area contributed by atoms with Crippen molar-refractivity contribution in [2.24, 2.45) is 16.5 Å². The number of esters is 1. The van der Waals surface area contributed by atoms with E-state index in [1.54, 1.807) is 9.99 Å². The fourth-order valence-electron chi connectivity index (χ4n) is 5.34. The van der Waals surface area contributed by atoms with Crippen molar-refractivity contribution in [2.45, 2.75) is 69.8 Å². The number of ether oxygens (including phenoxy) is 1. The molecule has 1 aromatic carbocycles. The Morgan fingerprint density at radius 1 is 1.23 bits per heavy atom. The number of pyridine rings is 1. The molecule has 0 spiro atoms. The number of carbonyl (C=O) groups excluding carboxylic acids is 1. The number of nitrogens with two attached hydrogens (primary N) is 2. The summed E-state index contributed by atoms with van der Waals surface area (Å²) in [7, 11) is 0. The van der Waals surface area contributed by atoms with Gasteiger partial charge in [0.05, 0.1) is 11.2 Å². The summed E-state index contributed by atoms with van der Waals surface area (Å²) in [5.74, 6) is -5.60. The molecular weight excluding hydrogens is 642 g/mol. The third-order valence-electron chi connectivity index (χ3n) is 7.60. The zero-order valence-corrected chi connectivity index (χ0v) is 25.0. The molecule has 1 fully saturated rings. The van der Waals surface area contributed by atoms with Crippen LogP contribution < -0.4 is 27.2 Å². The first kappa shape index (κ1) is 36.5. The van der Waals surface area contributed by atoms with Gasteiger partial charge in [0.25, 0.3) is 5.96 Å². The number of hydrazine groups is 1. The van der Waals surface area contributed by atoms with E-state index < -0.39 is 52.5 Å². The van der Waals surface area contributed by atoms with Crippen LogP contribution in [0.2, 0.25) is 0 Å². The lowest BCUT2D eigenvalue weighted by Crippen LogP contribution is -2.42. The van der Waals surface area contributed by atoms with Crippen molar-refractivity contribution in [2.75, 3.05) is 24.5 Å². The third kappa shape index (κ3) is 9.05. The summed E-state index contributed by atoms with van der Waals surface area (Å²) in [4.78, 5) is 61.8. The van der Waals surface area contributed by atoms with Crippen LogP contribution in [0, 0.1) is 15.9 Å². The second-order valence-electron chi connectivity index (χ2n) is 10.9. The van der Waals surface area contributed by atoms with Crippen LogP contribution in [0.4, 0.5) is 23.2 Å². The van der Waals surface area contributed by atoms with E-state index in [-0.39, 0.29) is 35.9 Å². The summed E-state index contributed by atoms with van der Waals surface area (Å²) in [6.07, 6.45) is -1.41. The number of aromatic carboxylic acids is 1. The first-order chi connectivity index (χ1) is 21.9. The van der Waals surface area contributed by atoms with Crippen LogP contribution in [-0.2, 0) is 20.7 Å². The van der Waals surface area contributed by atoms with Gasteiger partial charge in [-0.25, -0.2) is 29.1 Å². The largest absolute Gasteiger partial charge is 0.490 e. The predicted octanol–water partition coefficient (Wildman–Crippen LogP) is 1.69. The molecule has 2 atom stereocenters. The highest BCUT2D eigenvalue weighted by Gasteiger charge is 2.38. The molecule has 3 heterocycles. The molecule has 2 aromatic rings. The summed E-state index contributed by atoms with van der Waals surface area (Å²) in [5.41, 5.74) is 13.5. The number of nitro groups is 1. The fourth-order valence-corrected chi connectivity index (χ4v) is 5.34. The molecule has 0 unspecified atom stereocenters. The fraction of sp³-hybridized carbons (Fsp3) is 0.519. The van der Waals surface area contributed by atoms with E-state index in [0.717, 1.165) is 6.07 Å². The molecule has 0 aliphatic carbocycles. The molecule has 7 N–H and O–H groups in total. The molecule has 0 bridgehead atoms. The number of nitrogens with one attached hydrogen (secondary N) is 1. The molecule has 4 rings (SSSR count). The number of hydrogen-bond acceptors (Lipinski definition) is 10. The molecule has 1 saturated heterocycles. The van der Waals surface area contributed by atoms with Crippen LogP contribution in [0.15, 0.2) is 22.1 Å². The lowest BCUT2D eigenvalue weighted by Gasteiger charge is -2.37. The third-order valence-corrected chi connectivity index (χ3v) is 7.60. The quantitative estimate of drug-likeness (QED) is 0.0484. The normalized spacial score (nSPS) is 17.4. The standard InChI is InChI=1S/C25H32FN7O7.C2HF3O2/c1-13-4-5-15-20-16(22(34)17(23(35)36)12-32(13)20)11-18(26)21(15)31-9-6-14(7-10-31)40-24(37)19(27)3-2-8-29-25(28)30-33(38)39;3-2(4,5)1(6)7/h11-14,19H,2-10,27H2,1H3,(H,35,36)(H3,28,29,30);(H,6,7)/t13-,19-;/m0./s1. The highest BCUT2D eigenvalue weighted by molar-refractivity contribution is 5.95. The number of halogens is 4. The smallest absolute Gasteiger partial charge is 0.477 e. The minimum atomic E-state index is -5.08. The molecule has 1 aromatic heterocycles. The first-order valence-corrected chi connectivity index (χ1v) is 14.3. The number of guanidine groups is 1. The number of aromatic nitrogens is 1. The average Bonchev–Trinajstić information content (AvgIpc) is 2.97. The van der Waals surface area contributed by atoms with Crippen molar-refractivity contribution in [3.05, 3.63) is 49.5 Å². The Labute approximate surface area is 263 Å². The van der Waals surface area contributed by atoms with Gasteiger partial charge in [-0.3, -0.25) is 9.59 Å². The lowest BCUT2D eigenvalue weighted by atomic mass is 9.93. The van der Waals surface area contributed by atoms with Crippen molar-refractivity contribution >= 4 is 40.5 Å². The minimum Gasteiger partial charge on any atom is -0.477 e. The summed E-state index contributed by atoms with van der Waals surface area (Å²) in [6, 6.07) is 0.186. The second kappa shape index (κ2) is 15.1. The number of benzene rings is 1. The van der Waals surface area contributed by atoms with Gasteiger partial charge < -0.3 is 35.9 Å². The van der Waals surface area contributed by atoms with E-state index in [0.29, 0.717) is 62.0 Å². The SMILES string of the molecule is C[C@H]1CCc2c(N3CCC(OC(=O)[C@@H](N)CCCN=C(N)N[N+](=O)[O-])CC3)c(F)cc3c(=O)c(C(=O)O)cn1c23.O=C(O)C(F)(F)F. The minimum absolute atomic E-state index is 0.0526. The number of piperidine rings is 1. The Bertz CT molecular complexity index is 1620. The molecule has 20 heteroatoms.